The molecule has 0 spiro atoms. The number of fused-ring (bicyclic) bond motifs is 1. The van der Waals surface area contributed by atoms with Crippen molar-refractivity contribution in [2.45, 2.75) is 19.4 Å². The van der Waals surface area contributed by atoms with Gasteiger partial charge in [-0.05, 0) is 26.0 Å². The van der Waals surface area contributed by atoms with Crippen molar-refractivity contribution < 1.29 is 4.65 Å². The molecule has 3 nitrogen and oxygen atoms in total. The molecule has 0 aliphatic carbocycles. The van der Waals surface area contributed by atoms with Crippen LogP contribution in [0.2, 0.25) is 0 Å². The van der Waals surface area contributed by atoms with E-state index < -0.39 is 0 Å². The van der Waals surface area contributed by atoms with E-state index in [9.17, 15) is 0 Å². The van der Waals surface area contributed by atoms with E-state index in [1.54, 1.807) is 6.20 Å². The molecule has 18 heavy (non-hydrogen) atoms. The number of benzene rings is 1. The van der Waals surface area contributed by atoms with Crippen molar-refractivity contribution in [1.82, 2.24) is 10.2 Å². The highest BCUT2D eigenvalue weighted by molar-refractivity contribution is 6.66. The zero-order valence-electron chi connectivity index (χ0n) is 10.6. The molecule has 0 fully saturated rings. The quantitative estimate of drug-likeness (QED) is 0.767. The van der Waals surface area contributed by atoms with E-state index >= 15 is 0 Å². The Morgan fingerprint density at radius 2 is 2.00 bits per heavy atom. The number of nitrogens with one attached hydrogen (secondary N) is 1. The Hall–Kier alpha value is -1.81. The van der Waals surface area contributed by atoms with E-state index in [4.69, 9.17) is 4.65 Å². The Labute approximate surface area is 107 Å². The van der Waals surface area contributed by atoms with Crippen LogP contribution in [0, 0.1) is 0 Å². The van der Waals surface area contributed by atoms with Crippen LogP contribution in [-0.2, 0) is 5.54 Å². The van der Waals surface area contributed by atoms with Crippen molar-refractivity contribution in [2.75, 3.05) is 0 Å². The fourth-order valence-corrected chi connectivity index (χ4v) is 2.33. The van der Waals surface area contributed by atoms with Gasteiger partial charge in [-0.15, -0.1) is 0 Å². The Kier molecular flexibility index (Phi) is 2.60. The summed E-state index contributed by atoms with van der Waals surface area (Å²) in [5.74, 6) is 0.940. The van der Waals surface area contributed by atoms with E-state index in [0.29, 0.717) is 0 Å². The van der Waals surface area contributed by atoms with Gasteiger partial charge in [-0.25, -0.2) is 0 Å². The van der Waals surface area contributed by atoms with Gasteiger partial charge in [0.2, 0.25) is 0 Å². The Balaban J connectivity index is 2.01. The van der Waals surface area contributed by atoms with Gasteiger partial charge in [0.05, 0.1) is 0 Å². The van der Waals surface area contributed by atoms with Crippen molar-refractivity contribution in [3.8, 4) is 5.75 Å². The zero-order valence-corrected chi connectivity index (χ0v) is 10.6. The van der Waals surface area contributed by atoms with Crippen molar-refractivity contribution in [3.63, 3.8) is 0 Å². The maximum Gasteiger partial charge on any atom is 0.485 e. The summed E-state index contributed by atoms with van der Waals surface area (Å²) in [6.45, 7) is 4.33. The van der Waals surface area contributed by atoms with Crippen molar-refractivity contribution in [1.29, 1.82) is 0 Å². The summed E-state index contributed by atoms with van der Waals surface area (Å²) in [6.07, 6.45) is 3.60. The summed E-state index contributed by atoms with van der Waals surface area (Å²) in [5.41, 5.74) is 2.11. The lowest BCUT2D eigenvalue weighted by Crippen LogP contribution is -2.60. The monoisotopic (exact) mass is 238 g/mol. The molecule has 4 heteroatoms. The second kappa shape index (κ2) is 4.14. The highest BCUT2D eigenvalue weighted by atomic mass is 16.4. The second-order valence-electron chi connectivity index (χ2n) is 5.05. The summed E-state index contributed by atoms with van der Waals surface area (Å²) < 4.78 is 6.00. The van der Waals surface area contributed by atoms with Crippen LogP contribution < -0.4 is 15.3 Å². The van der Waals surface area contributed by atoms with Gasteiger partial charge in [0.15, 0.2) is 0 Å². The minimum atomic E-state index is -0.149. The van der Waals surface area contributed by atoms with Crippen LogP contribution in [0.1, 0.15) is 19.4 Å². The molecule has 2 aromatic rings. The lowest BCUT2D eigenvalue weighted by Gasteiger charge is -2.37. The smallest absolute Gasteiger partial charge is 0.485 e. The third-order valence-electron chi connectivity index (χ3n) is 3.28. The summed E-state index contributed by atoms with van der Waals surface area (Å²) in [6, 6.07) is 12.1. The van der Waals surface area contributed by atoms with E-state index in [1.165, 1.54) is 5.56 Å². The topological polar surface area (TPSA) is 34.2 Å². The lowest BCUT2D eigenvalue weighted by atomic mass is 9.69. The third kappa shape index (κ3) is 1.89. The molecule has 3 rings (SSSR count). The summed E-state index contributed by atoms with van der Waals surface area (Å²) in [4.78, 5) is 4.14. The average Bonchev–Trinajstić information content (AvgIpc) is 2.39. The molecule has 0 radical (unpaired) electrons. The van der Waals surface area contributed by atoms with Gasteiger partial charge < -0.3 is 9.88 Å². The molecular formula is C14H15BN2O. The highest BCUT2D eigenvalue weighted by Crippen LogP contribution is 2.33. The first-order valence-corrected chi connectivity index (χ1v) is 6.10. The first-order valence-electron chi connectivity index (χ1n) is 6.10. The SMILES string of the molecule is CC1(C)NB(c2cccnc2)Oc2ccccc21. The number of rotatable bonds is 1. The number of hydrogen-bond donors (Lipinski definition) is 1. The van der Waals surface area contributed by atoms with Crippen LogP contribution in [-0.4, -0.2) is 12.0 Å². The zero-order chi connectivity index (χ0) is 12.6. The normalized spacial score (nSPS) is 16.9. The molecular weight excluding hydrogens is 223 g/mol. The van der Waals surface area contributed by atoms with Crippen LogP contribution >= 0.6 is 0 Å². The fourth-order valence-electron chi connectivity index (χ4n) is 2.33. The first kappa shape index (κ1) is 11.3. The van der Waals surface area contributed by atoms with Crippen LogP contribution in [0.4, 0.5) is 0 Å². The summed E-state index contributed by atoms with van der Waals surface area (Å²) in [7, 11) is -0.149. The molecule has 1 aliphatic rings. The molecule has 0 saturated heterocycles. The minimum absolute atomic E-state index is 0.116. The number of hydrogen-bond acceptors (Lipinski definition) is 3. The average molecular weight is 238 g/mol. The van der Waals surface area contributed by atoms with Crippen LogP contribution in [0.3, 0.4) is 0 Å². The number of para-hydroxylation sites is 1. The summed E-state index contributed by atoms with van der Waals surface area (Å²) >= 11 is 0. The van der Waals surface area contributed by atoms with Gasteiger partial charge >= 0.3 is 7.05 Å². The molecule has 2 heterocycles. The molecule has 90 valence electrons. The van der Waals surface area contributed by atoms with E-state index in [1.807, 2.05) is 36.5 Å². The van der Waals surface area contributed by atoms with Gasteiger partial charge in [0, 0.05) is 29.0 Å². The minimum Gasteiger partial charge on any atom is -0.542 e. The lowest BCUT2D eigenvalue weighted by molar-refractivity contribution is 0.398. The van der Waals surface area contributed by atoms with Crippen LogP contribution in [0.15, 0.2) is 48.8 Å². The predicted octanol–water partition coefficient (Wildman–Crippen LogP) is 1.69. The number of pyridine rings is 1. The fraction of sp³-hybridized carbons (Fsp3) is 0.214. The van der Waals surface area contributed by atoms with Gasteiger partial charge in [-0.1, -0.05) is 24.3 Å². The highest BCUT2D eigenvalue weighted by Gasteiger charge is 2.37. The number of nitrogens with zero attached hydrogens (tertiary/aromatic N) is 1. The van der Waals surface area contributed by atoms with E-state index in [2.05, 4.69) is 30.1 Å². The van der Waals surface area contributed by atoms with Crippen LogP contribution in [0.5, 0.6) is 5.75 Å². The third-order valence-corrected chi connectivity index (χ3v) is 3.28. The van der Waals surface area contributed by atoms with Crippen molar-refractivity contribution in [3.05, 3.63) is 54.4 Å². The molecule has 0 bridgehead atoms. The van der Waals surface area contributed by atoms with Gasteiger partial charge in [-0.3, -0.25) is 4.98 Å². The Morgan fingerprint density at radius 3 is 2.78 bits per heavy atom. The second-order valence-corrected chi connectivity index (χ2v) is 5.05. The van der Waals surface area contributed by atoms with Gasteiger partial charge in [0.1, 0.15) is 5.75 Å². The Bertz CT molecular complexity index is 557. The molecule has 1 N–H and O–H groups in total. The molecule has 0 amide bonds. The Morgan fingerprint density at radius 1 is 1.17 bits per heavy atom. The number of aromatic nitrogens is 1. The van der Waals surface area contributed by atoms with Crippen molar-refractivity contribution >= 4 is 12.5 Å². The summed E-state index contributed by atoms with van der Waals surface area (Å²) in [5, 5.41) is 3.50. The van der Waals surface area contributed by atoms with Crippen LogP contribution in [0.25, 0.3) is 0 Å². The molecule has 0 saturated carbocycles. The molecule has 1 aromatic carbocycles. The maximum atomic E-state index is 6.00. The van der Waals surface area contributed by atoms with E-state index in [-0.39, 0.29) is 12.6 Å². The molecule has 1 aliphatic heterocycles. The molecule has 0 unspecified atom stereocenters. The van der Waals surface area contributed by atoms with Crippen molar-refractivity contribution in [2.24, 2.45) is 0 Å². The first-order chi connectivity index (χ1) is 8.67. The predicted molar refractivity (Wildman–Crippen MR) is 72.9 cm³/mol. The van der Waals surface area contributed by atoms with Gasteiger partial charge in [-0.2, -0.15) is 0 Å². The largest absolute Gasteiger partial charge is 0.542 e. The standard InChI is InChI=1S/C14H15BN2O/c1-14(2)12-7-3-4-8-13(12)18-15(17-14)11-6-5-9-16-10-11/h3-10,17H,1-2H3. The molecule has 1 aromatic heterocycles. The maximum absolute atomic E-state index is 6.00. The van der Waals surface area contributed by atoms with E-state index in [0.717, 1.165) is 11.2 Å². The molecule has 0 atom stereocenters. The van der Waals surface area contributed by atoms with Gasteiger partial charge in [0.25, 0.3) is 0 Å².